The maximum absolute atomic E-state index is 11.6. The summed E-state index contributed by atoms with van der Waals surface area (Å²) in [7, 11) is 0. The topological polar surface area (TPSA) is 34.9 Å². The van der Waals surface area contributed by atoms with Crippen molar-refractivity contribution < 1.29 is 4.79 Å². The van der Waals surface area contributed by atoms with E-state index in [1.165, 1.54) is 11.1 Å². The summed E-state index contributed by atoms with van der Waals surface area (Å²) >= 11 is 0. The molecule has 0 saturated carbocycles. The highest BCUT2D eigenvalue weighted by Crippen LogP contribution is 2.56. The molecule has 3 unspecified atom stereocenters. The van der Waals surface area contributed by atoms with Crippen LogP contribution in [-0.2, 0) is 4.79 Å². The Morgan fingerprint density at radius 1 is 1.39 bits per heavy atom. The van der Waals surface area contributed by atoms with Crippen molar-refractivity contribution in [3.05, 3.63) is 53.6 Å². The Bertz CT molecular complexity index is 645. The maximum atomic E-state index is 11.6. The van der Waals surface area contributed by atoms with Gasteiger partial charge in [0.2, 0.25) is 0 Å². The van der Waals surface area contributed by atoms with Crippen molar-refractivity contribution >= 4 is 6.29 Å². The summed E-state index contributed by atoms with van der Waals surface area (Å²) in [4.78, 5) is 16.1. The molecule has 3 atom stereocenters. The molecule has 0 fully saturated rings. The number of nitrogens with zero attached hydrogens (tertiary/aromatic N) is 2. The summed E-state index contributed by atoms with van der Waals surface area (Å²) in [6.45, 7) is 2.07. The van der Waals surface area contributed by atoms with Crippen LogP contribution in [0, 0.1) is 5.41 Å². The van der Waals surface area contributed by atoms with Gasteiger partial charge in [0.1, 0.15) is 12.1 Å². The van der Waals surface area contributed by atoms with Gasteiger partial charge in [-0.2, -0.15) is 0 Å². The van der Waals surface area contributed by atoms with E-state index in [0.29, 0.717) is 0 Å². The molecular weight excluding hydrogens is 224 g/mol. The van der Waals surface area contributed by atoms with Gasteiger partial charge in [-0.25, -0.2) is 4.98 Å². The third kappa shape index (κ3) is 1.00. The molecule has 90 valence electrons. The van der Waals surface area contributed by atoms with E-state index in [2.05, 4.69) is 40.7 Å². The molecule has 0 saturated heterocycles. The van der Waals surface area contributed by atoms with Crippen LogP contribution in [0.3, 0.4) is 0 Å². The van der Waals surface area contributed by atoms with E-state index < -0.39 is 0 Å². The summed E-state index contributed by atoms with van der Waals surface area (Å²) in [5.74, 6) is 1.37. The highest BCUT2D eigenvalue weighted by Gasteiger charge is 2.50. The first-order valence-electron chi connectivity index (χ1n) is 6.32. The first-order chi connectivity index (χ1) is 8.74. The van der Waals surface area contributed by atoms with E-state index >= 15 is 0 Å². The predicted octanol–water partition coefficient (Wildman–Crippen LogP) is 2.53. The number of fused-ring (bicyclic) bond motifs is 1. The Labute approximate surface area is 105 Å². The third-order valence-corrected chi connectivity index (χ3v) is 4.49. The molecule has 2 aromatic rings. The van der Waals surface area contributed by atoms with E-state index in [9.17, 15) is 4.79 Å². The zero-order valence-electron chi connectivity index (χ0n) is 10.2. The number of imidazole rings is 1. The van der Waals surface area contributed by atoms with Crippen LogP contribution in [0.4, 0.5) is 0 Å². The molecule has 2 aliphatic heterocycles. The third-order valence-electron chi connectivity index (χ3n) is 4.49. The fraction of sp³-hybridized carbons (Fsp3) is 0.333. The molecule has 1 aromatic heterocycles. The quantitative estimate of drug-likeness (QED) is 0.715. The minimum atomic E-state index is -0.313. The second-order valence-corrected chi connectivity index (χ2v) is 5.60. The molecule has 0 amide bonds. The molecule has 0 N–H and O–H groups in total. The molecule has 0 radical (unpaired) electrons. The van der Waals surface area contributed by atoms with Crippen molar-refractivity contribution in [2.45, 2.75) is 25.3 Å². The van der Waals surface area contributed by atoms with Gasteiger partial charge >= 0.3 is 0 Å². The Balaban J connectivity index is 2.06. The highest BCUT2D eigenvalue weighted by molar-refractivity contribution is 5.65. The Kier molecular flexibility index (Phi) is 1.74. The average Bonchev–Trinajstić information content (AvgIpc) is 2.88. The minimum Gasteiger partial charge on any atom is -0.326 e. The average molecular weight is 238 g/mol. The van der Waals surface area contributed by atoms with Gasteiger partial charge in [0.25, 0.3) is 0 Å². The predicted molar refractivity (Wildman–Crippen MR) is 67.4 cm³/mol. The van der Waals surface area contributed by atoms with E-state index in [4.69, 9.17) is 0 Å². The summed E-state index contributed by atoms with van der Waals surface area (Å²) in [6, 6.07) is 8.56. The van der Waals surface area contributed by atoms with Crippen molar-refractivity contribution in [3.63, 3.8) is 0 Å². The van der Waals surface area contributed by atoms with Crippen LogP contribution in [0.5, 0.6) is 0 Å². The summed E-state index contributed by atoms with van der Waals surface area (Å²) in [6.07, 6.45) is 5.85. The number of rotatable bonds is 1. The minimum absolute atomic E-state index is 0.105. The van der Waals surface area contributed by atoms with E-state index in [-0.39, 0.29) is 17.4 Å². The smallest absolute Gasteiger partial charge is 0.128 e. The van der Waals surface area contributed by atoms with Gasteiger partial charge in [-0.05, 0) is 17.5 Å². The van der Waals surface area contributed by atoms with Gasteiger partial charge in [0.05, 0.1) is 6.04 Å². The summed E-state index contributed by atoms with van der Waals surface area (Å²) in [5.41, 5.74) is 2.32. The van der Waals surface area contributed by atoms with E-state index in [1.54, 1.807) is 0 Å². The number of hydrogen-bond acceptors (Lipinski definition) is 2. The molecule has 3 aliphatic rings. The molecule has 18 heavy (non-hydrogen) atoms. The lowest BCUT2D eigenvalue weighted by atomic mass is 9.62. The van der Waals surface area contributed by atoms with Gasteiger partial charge in [-0.1, -0.05) is 31.2 Å². The fourth-order valence-corrected chi connectivity index (χ4v) is 3.72. The van der Waals surface area contributed by atoms with Crippen molar-refractivity contribution in [3.8, 4) is 0 Å². The van der Waals surface area contributed by atoms with Crippen LogP contribution in [0.2, 0.25) is 0 Å². The van der Waals surface area contributed by atoms with Gasteiger partial charge in [0, 0.05) is 23.7 Å². The lowest BCUT2D eigenvalue weighted by molar-refractivity contribution is -0.118. The Morgan fingerprint density at radius 3 is 2.94 bits per heavy atom. The second-order valence-electron chi connectivity index (χ2n) is 5.60. The van der Waals surface area contributed by atoms with Crippen LogP contribution >= 0.6 is 0 Å². The monoisotopic (exact) mass is 238 g/mol. The van der Waals surface area contributed by atoms with Crippen molar-refractivity contribution in [2.24, 2.45) is 5.41 Å². The lowest BCUT2D eigenvalue weighted by Crippen LogP contribution is -2.44. The van der Waals surface area contributed by atoms with Gasteiger partial charge in [-0.15, -0.1) is 0 Å². The van der Waals surface area contributed by atoms with Crippen molar-refractivity contribution in [1.82, 2.24) is 9.55 Å². The largest absolute Gasteiger partial charge is 0.326 e. The fourth-order valence-electron chi connectivity index (χ4n) is 3.72. The molecule has 0 spiro atoms. The van der Waals surface area contributed by atoms with Crippen LogP contribution in [0.25, 0.3) is 0 Å². The van der Waals surface area contributed by atoms with E-state index in [0.717, 1.165) is 18.5 Å². The molecule has 3 nitrogen and oxygen atoms in total. The normalized spacial score (nSPS) is 31.8. The molecular formula is C15H14N2O. The Hall–Kier alpha value is -1.90. The van der Waals surface area contributed by atoms with E-state index in [1.807, 2.05) is 12.4 Å². The first kappa shape index (κ1) is 10.1. The first-order valence-corrected chi connectivity index (χ1v) is 6.32. The lowest BCUT2D eigenvalue weighted by Gasteiger charge is -2.48. The number of benzene rings is 1. The number of carbonyl (C=O) groups is 1. The van der Waals surface area contributed by atoms with Gasteiger partial charge < -0.3 is 9.36 Å². The Morgan fingerprint density at radius 2 is 2.17 bits per heavy atom. The SMILES string of the molecule is CC1(C=O)CC2c3ccccc3C1n1ccnc12. The zero-order valence-corrected chi connectivity index (χ0v) is 10.2. The van der Waals surface area contributed by atoms with Crippen LogP contribution in [0.1, 0.15) is 42.3 Å². The number of hydrogen-bond donors (Lipinski definition) is 0. The van der Waals surface area contributed by atoms with Gasteiger partial charge in [0.15, 0.2) is 0 Å². The van der Waals surface area contributed by atoms with Crippen molar-refractivity contribution in [2.75, 3.05) is 0 Å². The highest BCUT2D eigenvalue weighted by atomic mass is 16.1. The van der Waals surface area contributed by atoms with Crippen LogP contribution < -0.4 is 0 Å². The molecule has 1 aromatic carbocycles. The molecule has 5 rings (SSSR count). The number of aromatic nitrogens is 2. The molecule has 1 aliphatic carbocycles. The molecule has 2 bridgehead atoms. The molecule has 3 heteroatoms. The summed E-state index contributed by atoms with van der Waals surface area (Å²) in [5, 5.41) is 0. The zero-order chi connectivity index (χ0) is 12.3. The summed E-state index contributed by atoms with van der Waals surface area (Å²) < 4.78 is 2.19. The van der Waals surface area contributed by atoms with Crippen LogP contribution in [-0.4, -0.2) is 15.8 Å². The maximum Gasteiger partial charge on any atom is 0.128 e. The standard InChI is InChI=1S/C15H14N2O/c1-15(9-18)8-12-10-4-2-3-5-11(10)13(15)17-7-6-16-14(12)17/h2-7,9,12-13H,8H2,1H3. The van der Waals surface area contributed by atoms with Crippen molar-refractivity contribution in [1.29, 1.82) is 0 Å². The number of carbonyl (C=O) groups excluding carboxylic acids is 1. The van der Waals surface area contributed by atoms with Gasteiger partial charge in [-0.3, -0.25) is 0 Å². The molecule has 3 heterocycles. The second kappa shape index (κ2) is 3.10. The number of aldehydes is 1. The van der Waals surface area contributed by atoms with Crippen LogP contribution in [0.15, 0.2) is 36.7 Å².